The number of methoxy groups -OCH3 is 1. The van der Waals surface area contributed by atoms with Crippen LogP contribution in [-0.2, 0) is 11.0 Å². The molecule has 7 rings (SSSR count). The van der Waals surface area contributed by atoms with Gasteiger partial charge in [-0.1, -0.05) is 0 Å². The van der Waals surface area contributed by atoms with E-state index in [1.807, 2.05) is 6.07 Å². The molecule has 3 aliphatic heterocycles. The van der Waals surface area contributed by atoms with Crippen molar-refractivity contribution in [3.05, 3.63) is 58.2 Å². The van der Waals surface area contributed by atoms with Crippen molar-refractivity contribution >= 4 is 40.0 Å². The summed E-state index contributed by atoms with van der Waals surface area (Å²) < 4.78 is 89.6. The Morgan fingerprint density at radius 2 is 2.00 bits per heavy atom. The molecule has 3 atom stereocenters. The second-order valence-electron chi connectivity index (χ2n) is 12.4. The molecular weight excluding hydrogens is 714 g/mol. The SMILES string of the molecule is COc1nc(N2CCN(C(=O)/C(F)=C/c3nccs3)C(CC#N)C2)c2cnc(-c3cc(O)ccc3C(F)(F)F)c(F)c2n1.FC1CC2CCCN2C1. The van der Waals surface area contributed by atoms with Crippen molar-refractivity contribution in [2.75, 3.05) is 44.7 Å². The third kappa shape index (κ3) is 7.75. The average Bonchev–Trinajstić information content (AvgIpc) is 3.87. The summed E-state index contributed by atoms with van der Waals surface area (Å²) in [6.07, 6.45) is 1.34. The number of halogens is 6. The number of nitriles is 1. The molecule has 3 aromatic heterocycles. The predicted molar refractivity (Wildman–Crippen MR) is 179 cm³/mol. The Balaban J connectivity index is 0.000000444. The summed E-state index contributed by atoms with van der Waals surface area (Å²) in [5.41, 5.74) is -3.02. The number of rotatable bonds is 6. The number of alkyl halides is 4. The Morgan fingerprint density at radius 1 is 1.19 bits per heavy atom. The predicted octanol–water partition coefficient (Wildman–Crippen LogP) is 6.15. The molecule has 11 nitrogen and oxygen atoms in total. The highest BCUT2D eigenvalue weighted by atomic mass is 32.1. The maximum atomic E-state index is 15.9. The van der Waals surface area contributed by atoms with Crippen molar-refractivity contribution in [1.29, 1.82) is 5.26 Å². The van der Waals surface area contributed by atoms with Gasteiger partial charge in [0.1, 0.15) is 34.0 Å². The molecule has 3 aliphatic rings. The first kappa shape index (κ1) is 36.8. The van der Waals surface area contributed by atoms with Gasteiger partial charge < -0.3 is 19.6 Å². The topological polar surface area (TPSA) is 132 Å². The van der Waals surface area contributed by atoms with E-state index >= 15 is 4.39 Å². The van der Waals surface area contributed by atoms with Crippen LogP contribution < -0.4 is 9.64 Å². The molecule has 274 valence electrons. The van der Waals surface area contributed by atoms with Crippen molar-refractivity contribution < 1.29 is 41.0 Å². The first-order valence-corrected chi connectivity index (χ1v) is 17.1. The van der Waals surface area contributed by atoms with Gasteiger partial charge in [0.25, 0.3) is 5.91 Å². The molecule has 3 fully saturated rings. The summed E-state index contributed by atoms with van der Waals surface area (Å²) in [6, 6.07) is 3.69. The number of carbonyl (C=O) groups is 1. The number of fused-ring (bicyclic) bond motifs is 2. The van der Waals surface area contributed by atoms with Crippen LogP contribution in [0.2, 0.25) is 0 Å². The minimum atomic E-state index is -4.87. The summed E-state index contributed by atoms with van der Waals surface area (Å²) in [4.78, 5) is 34.2. The smallest absolute Gasteiger partial charge is 0.417 e. The number of hydrogen-bond donors (Lipinski definition) is 1. The van der Waals surface area contributed by atoms with Gasteiger partial charge in [-0.25, -0.2) is 18.2 Å². The molecular formula is C34H32F6N8O3S. The lowest BCUT2D eigenvalue weighted by molar-refractivity contribution is -0.137. The quantitative estimate of drug-likeness (QED) is 0.181. The fourth-order valence-electron chi connectivity index (χ4n) is 6.75. The summed E-state index contributed by atoms with van der Waals surface area (Å²) >= 11 is 1.14. The van der Waals surface area contributed by atoms with Gasteiger partial charge in [-0.15, -0.1) is 11.3 Å². The molecule has 3 saturated heterocycles. The summed E-state index contributed by atoms with van der Waals surface area (Å²) in [7, 11) is 1.22. The molecule has 1 aromatic carbocycles. The van der Waals surface area contributed by atoms with Gasteiger partial charge in [0.2, 0.25) is 0 Å². The average molecular weight is 747 g/mol. The maximum Gasteiger partial charge on any atom is 0.417 e. The minimum absolute atomic E-state index is 0.0149. The highest BCUT2D eigenvalue weighted by Gasteiger charge is 2.37. The number of aromatic hydroxyl groups is 1. The minimum Gasteiger partial charge on any atom is -0.508 e. The van der Waals surface area contributed by atoms with Gasteiger partial charge >= 0.3 is 12.2 Å². The number of thiazole rings is 1. The lowest BCUT2D eigenvalue weighted by atomic mass is 10.0. The number of amides is 1. The fourth-order valence-corrected chi connectivity index (χ4v) is 7.31. The van der Waals surface area contributed by atoms with Gasteiger partial charge in [0.15, 0.2) is 11.6 Å². The summed E-state index contributed by atoms with van der Waals surface area (Å²) in [6.45, 7) is 1.87. The van der Waals surface area contributed by atoms with Crippen LogP contribution in [0.1, 0.15) is 36.3 Å². The number of aromatic nitrogens is 4. The van der Waals surface area contributed by atoms with Gasteiger partial charge in [0.05, 0.1) is 36.6 Å². The van der Waals surface area contributed by atoms with E-state index in [1.54, 1.807) is 10.3 Å². The molecule has 18 heteroatoms. The van der Waals surface area contributed by atoms with E-state index < -0.39 is 64.0 Å². The van der Waals surface area contributed by atoms with Gasteiger partial charge in [-0.3, -0.25) is 14.7 Å². The van der Waals surface area contributed by atoms with Gasteiger partial charge in [-0.2, -0.15) is 28.4 Å². The molecule has 0 radical (unpaired) electrons. The highest BCUT2D eigenvalue weighted by Crippen LogP contribution is 2.41. The van der Waals surface area contributed by atoms with Crippen LogP contribution in [0, 0.1) is 17.1 Å². The number of anilines is 1. The maximum absolute atomic E-state index is 15.9. The van der Waals surface area contributed by atoms with Crippen molar-refractivity contribution in [3.8, 4) is 29.1 Å². The Morgan fingerprint density at radius 3 is 2.69 bits per heavy atom. The third-order valence-corrected chi connectivity index (χ3v) is 9.85. The van der Waals surface area contributed by atoms with Crippen molar-refractivity contribution in [2.45, 2.75) is 50.1 Å². The number of ether oxygens (including phenoxy) is 1. The molecule has 52 heavy (non-hydrogen) atoms. The molecule has 1 amide bonds. The van der Waals surface area contributed by atoms with Gasteiger partial charge in [0, 0.05) is 61.6 Å². The molecule has 3 unspecified atom stereocenters. The zero-order valence-corrected chi connectivity index (χ0v) is 28.5. The van der Waals surface area contributed by atoms with Crippen LogP contribution in [0.5, 0.6) is 11.8 Å². The number of phenols is 1. The first-order valence-electron chi connectivity index (χ1n) is 16.3. The molecule has 0 aliphatic carbocycles. The Labute approximate surface area is 297 Å². The first-order chi connectivity index (χ1) is 24.9. The number of phenolic OH excluding ortho intramolecular Hbond substituents is 1. The number of hydrogen-bond acceptors (Lipinski definition) is 11. The zero-order valence-electron chi connectivity index (χ0n) is 27.7. The monoisotopic (exact) mass is 746 g/mol. The number of piperazine rings is 1. The molecule has 4 aromatic rings. The lowest BCUT2D eigenvalue weighted by Gasteiger charge is -2.41. The Kier molecular flexibility index (Phi) is 10.8. The van der Waals surface area contributed by atoms with E-state index in [4.69, 9.17) is 4.74 Å². The molecule has 6 heterocycles. The van der Waals surface area contributed by atoms with Crippen molar-refractivity contribution in [3.63, 3.8) is 0 Å². The molecule has 0 saturated carbocycles. The highest BCUT2D eigenvalue weighted by molar-refractivity contribution is 7.10. The number of nitrogens with zero attached hydrogens (tertiary/aromatic N) is 8. The van der Waals surface area contributed by atoms with Crippen molar-refractivity contribution in [2.24, 2.45) is 0 Å². The lowest BCUT2D eigenvalue weighted by Crippen LogP contribution is -2.55. The van der Waals surface area contributed by atoms with E-state index in [1.165, 1.54) is 31.0 Å². The second kappa shape index (κ2) is 15.3. The van der Waals surface area contributed by atoms with E-state index in [-0.39, 0.29) is 43.3 Å². The third-order valence-electron chi connectivity index (χ3n) is 9.13. The van der Waals surface area contributed by atoms with E-state index in [2.05, 4.69) is 24.8 Å². The Bertz CT molecular complexity index is 2000. The largest absolute Gasteiger partial charge is 0.508 e. The number of pyridine rings is 1. The second-order valence-corrected chi connectivity index (χ2v) is 13.3. The number of carbonyl (C=O) groups excluding carboxylic acids is 1. The Hall–Kier alpha value is -5.02. The fraction of sp³-hybridized carbons (Fsp3) is 0.412. The van der Waals surface area contributed by atoms with E-state index in [0.29, 0.717) is 23.7 Å². The van der Waals surface area contributed by atoms with Crippen LogP contribution in [0.4, 0.5) is 32.2 Å². The summed E-state index contributed by atoms with van der Waals surface area (Å²) in [5.74, 6) is -3.64. The van der Waals surface area contributed by atoms with E-state index in [9.17, 15) is 37.1 Å². The van der Waals surface area contributed by atoms with Crippen LogP contribution >= 0.6 is 11.3 Å². The summed E-state index contributed by atoms with van der Waals surface area (Å²) in [5, 5.41) is 21.2. The van der Waals surface area contributed by atoms with Crippen molar-refractivity contribution in [1.82, 2.24) is 29.7 Å². The van der Waals surface area contributed by atoms with Gasteiger partial charge in [-0.05, 0) is 44.0 Å². The normalized spacial score (nSPS) is 20.7. The molecule has 0 bridgehead atoms. The van der Waals surface area contributed by atoms with E-state index in [0.717, 1.165) is 48.7 Å². The van der Waals surface area contributed by atoms with Crippen LogP contribution in [0.15, 0.2) is 41.8 Å². The van der Waals surface area contributed by atoms with Crippen LogP contribution in [0.3, 0.4) is 0 Å². The van der Waals surface area contributed by atoms with Crippen LogP contribution in [0.25, 0.3) is 28.2 Å². The standard InChI is InChI=1S/C27H20F5N7O3S.C7H12FN/c1-42-26-36-23-17(12-35-22(21(23)29)16-10-15(40)2-3-18(16)27(30,31)32)24(37-26)38-7-8-39(14(13-38)4-5-33)25(41)19(28)11-20-34-6-9-43-20;8-6-4-7-2-1-3-9(7)5-6/h2-3,6,9-12,14,40H,4,7-8,13H2,1H3;6-7H,1-5H2/b19-11-;. The molecule has 0 spiro atoms. The molecule has 1 N–H and O–H groups in total. The number of benzene rings is 1. The zero-order chi connectivity index (χ0) is 37.2. The van der Waals surface area contributed by atoms with Crippen LogP contribution in [-0.4, -0.2) is 98.8 Å².